The van der Waals surface area contributed by atoms with Gasteiger partial charge in [0, 0.05) is 31.3 Å². The number of aryl methyl sites for hydroxylation is 1. The van der Waals surface area contributed by atoms with E-state index in [1.165, 1.54) is 0 Å². The van der Waals surface area contributed by atoms with Gasteiger partial charge in [0.05, 0.1) is 29.3 Å². The minimum atomic E-state index is -1.07. The summed E-state index contributed by atoms with van der Waals surface area (Å²) in [5.41, 5.74) is 7.30. The van der Waals surface area contributed by atoms with Crippen molar-refractivity contribution in [1.29, 1.82) is 0 Å². The molecule has 0 amide bonds. The maximum absolute atomic E-state index is 13.8. The first kappa shape index (κ1) is 16.9. The number of anilines is 1. The normalized spacial score (nSPS) is 20.9. The van der Waals surface area contributed by atoms with Crippen molar-refractivity contribution in [2.24, 2.45) is 5.73 Å². The summed E-state index contributed by atoms with van der Waals surface area (Å²) >= 11 is 0. The third-order valence-corrected chi connectivity index (χ3v) is 4.61. The van der Waals surface area contributed by atoms with Crippen LogP contribution in [0.5, 0.6) is 0 Å². The fourth-order valence-corrected chi connectivity index (χ4v) is 3.29. The Bertz CT molecular complexity index is 953. The SMILES string of the molecule is Cc1cc(Cn2c(N3CC[C@@H](F)[C@H](N)C3)nc3cc(F)c(F)cc32)on1. The van der Waals surface area contributed by atoms with E-state index in [9.17, 15) is 13.2 Å². The van der Waals surface area contributed by atoms with E-state index in [0.29, 0.717) is 35.0 Å². The molecule has 138 valence electrons. The van der Waals surface area contributed by atoms with Crippen molar-refractivity contribution >= 4 is 17.0 Å². The molecule has 0 saturated carbocycles. The second kappa shape index (κ2) is 6.31. The standard InChI is InChI=1S/C17H18F3N5O/c1-9-4-10(26-23-9)7-25-16-6-13(20)12(19)5-15(16)22-17(25)24-3-2-11(18)14(21)8-24/h4-6,11,14H,2-3,7-8,21H2,1H3/t11-,14-/m1/s1. The molecule has 3 heterocycles. The fourth-order valence-electron chi connectivity index (χ4n) is 3.29. The lowest BCUT2D eigenvalue weighted by molar-refractivity contribution is 0.243. The summed E-state index contributed by atoms with van der Waals surface area (Å²) in [5, 5.41) is 3.85. The quantitative estimate of drug-likeness (QED) is 0.772. The molecule has 0 spiro atoms. The van der Waals surface area contributed by atoms with Crippen LogP contribution >= 0.6 is 0 Å². The molecule has 1 fully saturated rings. The third kappa shape index (κ3) is 2.92. The molecule has 0 unspecified atom stereocenters. The minimum Gasteiger partial charge on any atom is -0.359 e. The second-order valence-corrected chi connectivity index (χ2v) is 6.60. The summed E-state index contributed by atoms with van der Waals surface area (Å²) in [6.45, 7) is 2.71. The maximum Gasteiger partial charge on any atom is 0.207 e. The Kier molecular flexibility index (Phi) is 4.10. The van der Waals surface area contributed by atoms with Crippen LogP contribution in [0.2, 0.25) is 0 Å². The van der Waals surface area contributed by atoms with Crippen molar-refractivity contribution in [2.75, 3.05) is 18.0 Å². The van der Waals surface area contributed by atoms with Gasteiger partial charge >= 0.3 is 0 Å². The predicted octanol–water partition coefficient (Wildman–Crippen LogP) is 2.53. The monoisotopic (exact) mass is 365 g/mol. The number of nitrogens with zero attached hydrogens (tertiary/aromatic N) is 4. The van der Waals surface area contributed by atoms with Gasteiger partial charge in [-0.2, -0.15) is 0 Å². The van der Waals surface area contributed by atoms with Gasteiger partial charge in [-0.25, -0.2) is 18.2 Å². The van der Waals surface area contributed by atoms with E-state index < -0.39 is 23.8 Å². The topological polar surface area (TPSA) is 73.1 Å². The molecule has 4 rings (SSSR count). The fraction of sp³-hybridized carbons (Fsp3) is 0.412. The summed E-state index contributed by atoms with van der Waals surface area (Å²) in [6, 6.07) is 3.28. The minimum absolute atomic E-state index is 0.239. The van der Waals surface area contributed by atoms with E-state index in [2.05, 4.69) is 10.1 Å². The van der Waals surface area contributed by atoms with E-state index in [1.807, 2.05) is 4.90 Å². The number of nitrogens with two attached hydrogens (primary N) is 1. The lowest BCUT2D eigenvalue weighted by atomic mass is 10.1. The lowest BCUT2D eigenvalue weighted by Gasteiger charge is -2.34. The Morgan fingerprint density at radius 3 is 2.73 bits per heavy atom. The number of piperidine rings is 1. The Hall–Kier alpha value is -2.55. The number of aromatic nitrogens is 3. The maximum atomic E-state index is 13.8. The van der Waals surface area contributed by atoms with Crippen molar-refractivity contribution in [3.05, 3.63) is 41.3 Å². The number of hydrogen-bond acceptors (Lipinski definition) is 5. The highest BCUT2D eigenvalue weighted by molar-refractivity contribution is 5.79. The Labute approximate surface area is 147 Å². The average molecular weight is 365 g/mol. The van der Waals surface area contributed by atoms with Gasteiger partial charge < -0.3 is 19.7 Å². The largest absolute Gasteiger partial charge is 0.359 e. The van der Waals surface area contributed by atoms with Crippen molar-refractivity contribution < 1.29 is 17.7 Å². The zero-order valence-corrected chi connectivity index (χ0v) is 14.1. The summed E-state index contributed by atoms with van der Waals surface area (Å²) in [4.78, 5) is 6.28. The first-order valence-electron chi connectivity index (χ1n) is 8.34. The number of hydrogen-bond donors (Lipinski definition) is 1. The molecule has 0 aliphatic carbocycles. The Morgan fingerprint density at radius 1 is 1.27 bits per heavy atom. The number of alkyl halides is 1. The molecule has 1 saturated heterocycles. The van der Waals surface area contributed by atoms with Crippen LogP contribution in [0, 0.1) is 18.6 Å². The van der Waals surface area contributed by atoms with E-state index in [1.54, 1.807) is 17.6 Å². The molecular weight excluding hydrogens is 347 g/mol. The van der Waals surface area contributed by atoms with E-state index >= 15 is 0 Å². The summed E-state index contributed by atoms with van der Waals surface area (Å²) in [5.74, 6) is -0.902. The van der Waals surface area contributed by atoms with E-state index in [-0.39, 0.29) is 19.5 Å². The van der Waals surface area contributed by atoms with Gasteiger partial charge in [0.1, 0.15) is 6.17 Å². The molecule has 6 nitrogen and oxygen atoms in total. The van der Waals surface area contributed by atoms with Crippen molar-refractivity contribution in [1.82, 2.24) is 14.7 Å². The number of halogens is 3. The molecule has 0 radical (unpaired) electrons. The molecule has 1 aromatic carbocycles. The molecule has 2 aromatic heterocycles. The lowest BCUT2D eigenvalue weighted by Crippen LogP contribution is -2.50. The predicted molar refractivity (Wildman–Crippen MR) is 89.7 cm³/mol. The molecule has 2 atom stereocenters. The van der Waals surface area contributed by atoms with Gasteiger partial charge in [-0.1, -0.05) is 5.16 Å². The van der Waals surface area contributed by atoms with Gasteiger partial charge in [0.2, 0.25) is 5.95 Å². The number of rotatable bonds is 3. The van der Waals surface area contributed by atoms with Crippen LogP contribution in [0.3, 0.4) is 0 Å². The van der Waals surface area contributed by atoms with E-state index in [4.69, 9.17) is 10.3 Å². The van der Waals surface area contributed by atoms with Crippen LogP contribution in [-0.4, -0.2) is 40.0 Å². The van der Waals surface area contributed by atoms with Gasteiger partial charge in [-0.15, -0.1) is 0 Å². The molecule has 0 bridgehead atoms. The van der Waals surface area contributed by atoms with Crippen LogP contribution in [0.25, 0.3) is 11.0 Å². The highest BCUT2D eigenvalue weighted by Crippen LogP contribution is 2.28. The highest BCUT2D eigenvalue weighted by Gasteiger charge is 2.29. The van der Waals surface area contributed by atoms with Gasteiger partial charge in [0.25, 0.3) is 0 Å². The van der Waals surface area contributed by atoms with Gasteiger partial charge in [0.15, 0.2) is 17.4 Å². The van der Waals surface area contributed by atoms with Gasteiger partial charge in [-0.3, -0.25) is 0 Å². The number of benzene rings is 1. The molecule has 1 aliphatic rings. The van der Waals surface area contributed by atoms with Crippen molar-refractivity contribution in [3.63, 3.8) is 0 Å². The molecule has 26 heavy (non-hydrogen) atoms. The van der Waals surface area contributed by atoms with Crippen LogP contribution in [0.4, 0.5) is 19.1 Å². The second-order valence-electron chi connectivity index (χ2n) is 6.60. The van der Waals surface area contributed by atoms with Crippen LogP contribution in [-0.2, 0) is 6.54 Å². The van der Waals surface area contributed by atoms with Crippen molar-refractivity contribution in [2.45, 2.75) is 32.1 Å². The van der Waals surface area contributed by atoms with Crippen LogP contribution in [0.1, 0.15) is 17.9 Å². The summed E-state index contributed by atoms with van der Waals surface area (Å²) < 4.78 is 48.1. The number of fused-ring (bicyclic) bond motifs is 1. The number of imidazole rings is 1. The molecular formula is C17H18F3N5O. The Morgan fingerprint density at radius 2 is 2.04 bits per heavy atom. The molecule has 2 N–H and O–H groups in total. The first-order chi connectivity index (χ1) is 12.4. The third-order valence-electron chi connectivity index (χ3n) is 4.61. The summed E-state index contributed by atoms with van der Waals surface area (Å²) in [6.07, 6.45) is -0.801. The smallest absolute Gasteiger partial charge is 0.207 e. The van der Waals surface area contributed by atoms with E-state index in [0.717, 1.165) is 12.1 Å². The molecule has 9 heteroatoms. The van der Waals surface area contributed by atoms with Crippen molar-refractivity contribution in [3.8, 4) is 0 Å². The Balaban J connectivity index is 1.81. The van der Waals surface area contributed by atoms with Crippen LogP contribution < -0.4 is 10.6 Å². The van der Waals surface area contributed by atoms with Gasteiger partial charge in [-0.05, 0) is 13.3 Å². The molecule has 3 aromatic rings. The zero-order chi connectivity index (χ0) is 18.4. The highest BCUT2D eigenvalue weighted by atomic mass is 19.2. The molecule has 1 aliphatic heterocycles. The average Bonchev–Trinajstić information content (AvgIpc) is 3.15. The first-order valence-corrected chi connectivity index (χ1v) is 8.34. The zero-order valence-electron chi connectivity index (χ0n) is 14.1. The summed E-state index contributed by atoms with van der Waals surface area (Å²) in [7, 11) is 0. The van der Waals surface area contributed by atoms with Crippen LogP contribution in [0.15, 0.2) is 22.7 Å².